The van der Waals surface area contributed by atoms with Gasteiger partial charge in [-0.2, -0.15) is 0 Å². The van der Waals surface area contributed by atoms with Crippen molar-refractivity contribution in [3.8, 4) is 0 Å². The molecule has 0 aromatic carbocycles. The lowest BCUT2D eigenvalue weighted by Crippen LogP contribution is -2.48. The van der Waals surface area contributed by atoms with E-state index in [-0.39, 0.29) is 0 Å². The maximum Gasteiger partial charge on any atom is 0.194 e. The van der Waals surface area contributed by atoms with Crippen LogP contribution in [0.5, 0.6) is 0 Å². The van der Waals surface area contributed by atoms with Crippen LogP contribution in [0, 0.1) is 0 Å². The molecule has 2 N–H and O–H groups in total. The Morgan fingerprint density at radius 3 is 1.75 bits per heavy atom. The predicted molar refractivity (Wildman–Crippen MR) is 35.3 cm³/mol. The normalized spacial score (nSPS) is 13.5. The van der Waals surface area contributed by atoms with Crippen LogP contribution in [-0.2, 0) is 9.47 Å². The molecule has 0 aliphatic heterocycles. The molecule has 0 spiro atoms. The summed E-state index contributed by atoms with van der Waals surface area (Å²) >= 11 is 0. The molecule has 0 radical (unpaired) electrons. The summed E-state index contributed by atoms with van der Waals surface area (Å²) in [6.07, 6.45) is 0. The largest absolute Gasteiger partial charge is 0.345 e. The fourth-order valence-corrected chi connectivity index (χ4v) is 0.949. The first-order valence-electron chi connectivity index (χ1n) is 2.57. The van der Waals surface area contributed by atoms with Gasteiger partial charge >= 0.3 is 0 Å². The van der Waals surface area contributed by atoms with Gasteiger partial charge in [0.15, 0.2) is 5.53 Å². The van der Waals surface area contributed by atoms with Crippen molar-refractivity contribution in [2.24, 2.45) is 5.73 Å². The third-order valence-corrected chi connectivity index (χ3v) is 2.75. The quantitative estimate of drug-likeness (QED) is 0.401. The van der Waals surface area contributed by atoms with Gasteiger partial charge in [0, 0.05) is 14.2 Å². The van der Waals surface area contributed by atoms with Crippen molar-refractivity contribution in [3.05, 3.63) is 0 Å². The third kappa shape index (κ3) is 1.91. The van der Waals surface area contributed by atoms with E-state index >= 15 is 0 Å². The fraction of sp³-hybridized carbons (Fsp3) is 1.00. The van der Waals surface area contributed by atoms with Gasteiger partial charge in [-0.05, 0) is 0 Å². The number of ether oxygens (including phenoxy) is 2. The first-order valence-corrected chi connectivity index (χ1v) is 4.70. The molecule has 0 aliphatic rings. The van der Waals surface area contributed by atoms with Crippen LogP contribution in [0.2, 0.25) is 6.55 Å². The van der Waals surface area contributed by atoms with Crippen LogP contribution in [0.4, 0.5) is 0 Å². The molecule has 3 nitrogen and oxygen atoms in total. The molecule has 4 heteroatoms. The van der Waals surface area contributed by atoms with Gasteiger partial charge in [0.1, 0.15) is 9.52 Å². The molecule has 0 saturated carbocycles. The molecule has 0 bridgehead atoms. The van der Waals surface area contributed by atoms with Crippen molar-refractivity contribution in [1.82, 2.24) is 0 Å². The molecule has 0 aromatic rings. The maximum absolute atomic E-state index is 5.51. The SMILES string of the molecule is COC(N)(OC)[SiH2]C. The number of nitrogens with two attached hydrogens (primary N) is 1. The van der Waals surface area contributed by atoms with Crippen LogP contribution in [0.25, 0.3) is 0 Å². The Bertz CT molecular complexity index is 56.8. The molecule has 0 heterocycles. The zero-order valence-electron chi connectivity index (χ0n) is 5.60. The highest BCUT2D eigenvalue weighted by atomic mass is 28.2. The average molecular weight is 135 g/mol. The molecule has 0 fully saturated rings. The summed E-state index contributed by atoms with van der Waals surface area (Å²) in [6, 6.07) is 0. The molecule has 0 aromatic heterocycles. The monoisotopic (exact) mass is 135 g/mol. The van der Waals surface area contributed by atoms with E-state index in [4.69, 9.17) is 15.2 Å². The highest BCUT2D eigenvalue weighted by Gasteiger charge is 2.19. The summed E-state index contributed by atoms with van der Waals surface area (Å²) in [5, 5.41) is 0. The Labute approximate surface area is 52.0 Å². The van der Waals surface area contributed by atoms with Crippen LogP contribution < -0.4 is 5.73 Å². The van der Waals surface area contributed by atoms with E-state index in [0.29, 0.717) is 0 Å². The topological polar surface area (TPSA) is 44.5 Å². The van der Waals surface area contributed by atoms with Gasteiger partial charge in [0.2, 0.25) is 0 Å². The molecule has 0 aliphatic carbocycles. The lowest BCUT2D eigenvalue weighted by atomic mass is 11.1. The second-order valence-electron chi connectivity index (χ2n) is 1.57. The van der Waals surface area contributed by atoms with Gasteiger partial charge in [0.25, 0.3) is 0 Å². The average Bonchev–Trinajstić information content (AvgIpc) is 1.87. The fourth-order valence-electron chi connectivity index (χ4n) is 0.372. The van der Waals surface area contributed by atoms with Gasteiger partial charge in [-0.3, -0.25) is 5.73 Å². The van der Waals surface area contributed by atoms with Gasteiger partial charge < -0.3 is 9.47 Å². The standard InChI is InChI=1S/C4H13NO2Si/c1-6-4(5,7-2)8-3/h5,8H2,1-3H3. The van der Waals surface area contributed by atoms with Crippen molar-refractivity contribution in [1.29, 1.82) is 0 Å². The van der Waals surface area contributed by atoms with Crippen molar-refractivity contribution >= 4 is 9.52 Å². The van der Waals surface area contributed by atoms with Gasteiger partial charge in [-0.25, -0.2) is 0 Å². The smallest absolute Gasteiger partial charge is 0.194 e. The number of hydrogen-bond acceptors (Lipinski definition) is 3. The van der Waals surface area contributed by atoms with Crippen LogP contribution in [0.3, 0.4) is 0 Å². The van der Waals surface area contributed by atoms with E-state index in [2.05, 4.69) is 0 Å². The highest BCUT2D eigenvalue weighted by Crippen LogP contribution is 1.97. The van der Waals surface area contributed by atoms with Crippen LogP contribution >= 0.6 is 0 Å². The first-order chi connectivity index (χ1) is 3.68. The molecule has 0 unspecified atom stereocenters. The molecule has 0 amide bonds. The Morgan fingerprint density at radius 1 is 1.38 bits per heavy atom. The first kappa shape index (κ1) is 8.10. The van der Waals surface area contributed by atoms with Crippen LogP contribution in [0.1, 0.15) is 0 Å². The minimum atomic E-state index is -0.736. The lowest BCUT2D eigenvalue weighted by molar-refractivity contribution is -0.139. The number of rotatable bonds is 3. The predicted octanol–water partition coefficient (Wildman–Crippen LogP) is -0.934. The second-order valence-corrected chi connectivity index (χ2v) is 3.27. The van der Waals surface area contributed by atoms with Crippen molar-refractivity contribution < 1.29 is 9.47 Å². The van der Waals surface area contributed by atoms with Crippen molar-refractivity contribution in [3.63, 3.8) is 0 Å². The Hall–Kier alpha value is 0.0969. The number of hydrogen-bond donors (Lipinski definition) is 1. The molecule has 0 saturated heterocycles. The summed E-state index contributed by atoms with van der Waals surface area (Å²) in [5.41, 5.74) is 4.78. The second kappa shape index (κ2) is 3.19. The summed E-state index contributed by atoms with van der Waals surface area (Å²) in [5.74, 6) is 0. The number of methoxy groups -OCH3 is 2. The molecule has 8 heavy (non-hydrogen) atoms. The summed E-state index contributed by atoms with van der Waals surface area (Å²) < 4.78 is 9.71. The Morgan fingerprint density at radius 2 is 1.75 bits per heavy atom. The zero-order chi connectivity index (χ0) is 6.62. The minimum Gasteiger partial charge on any atom is -0.345 e. The van der Waals surface area contributed by atoms with E-state index in [1.54, 1.807) is 14.2 Å². The van der Waals surface area contributed by atoms with E-state index in [1.807, 2.05) is 6.55 Å². The lowest BCUT2D eigenvalue weighted by Gasteiger charge is -2.23. The van der Waals surface area contributed by atoms with E-state index in [0.717, 1.165) is 0 Å². The molecule has 50 valence electrons. The van der Waals surface area contributed by atoms with E-state index in [9.17, 15) is 0 Å². The Kier molecular flexibility index (Phi) is 3.23. The van der Waals surface area contributed by atoms with Crippen molar-refractivity contribution in [2.75, 3.05) is 14.2 Å². The van der Waals surface area contributed by atoms with Crippen LogP contribution in [-0.4, -0.2) is 29.3 Å². The highest BCUT2D eigenvalue weighted by molar-refractivity contribution is 6.36. The summed E-state index contributed by atoms with van der Waals surface area (Å²) in [4.78, 5) is 0. The Balaban J connectivity index is 3.58. The van der Waals surface area contributed by atoms with Gasteiger partial charge in [-0.1, -0.05) is 6.55 Å². The molecular weight excluding hydrogens is 122 g/mol. The van der Waals surface area contributed by atoms with Gasteiger partial charge in [0.05, 0.1) is 0 Å². The molecular formula is C4H13NO2Si. The minimum absolute atomic E-state index is 0.435. The van der Waals surface area contributed by atoms with E-state index in [1.165, 1.54) is 0 Å². The molecule has 0 atom stereocenters. The van der Waals surface area contributed by atoms with Gasteiger partial charge in [-0.15, -0.1) is 0 Å². The summed E-state index contributed by atoms with van der Waals surface area (Å²) in [6.45, 7) is 2.03. The third-order valence-electron chi connectivity index (χ3n) is 1.18. The van der Waals surface area contributed by atoms with Crippen molar-refractivity contribution in [2.45, 2.75) is 12.1 Å². The zero-order valence-corrected chi connectivity index (χ0v) is 7.02. The summed E-state index contributed by atoms with van der Waals surface area (Å²) in [7, 11) is 2.68. The maximum atomic E-state index is 5.51. The molecule has 0 rings (SSSR count). The van der Waals surface area contributed by atoms with Crippen LogP contribution in [0.15, 0.2) is 0 Å². The van der Waals surface area contributed by atoms with E-state index < -0.39 is 15.1 Å².